The first kappa shape index (κ1) is 16.1. The van der Waals surface area contributed by atoms with Gasteiger partial charge in [0.25, 0.3) is 0 Å². The van der Waals surface area contributed by atoms with E-state index in [1.165, 1.54) is 17.0 Å². The second-order valence-corrected chi connectivity index (χ2v) is 6.47. The molecule has 1 aromatic rings. The predicted molar refractivity (Wildman–Crippen MR) is 76.3 cm³/mol. The van der Waals surface area contributed by atoms with Crippen molar-refractivity contribution in [1.29, 1.82) is 0 Å². The summed E-state index contributed by atoms with van der Waals surface area (Å²) >= 11 is 3.05. The normalized spacial score (nSPS) is 23.2. The van der Waals surface area contributed by atoms with Crippen molar-refractivity contribution in [2.45, 2.75) is 25.9 Å². The van der Waals surface area contributed by atoms with Gasteiger partial charge >= 0.3 is 12.1 Å². The lowest BCUT2D eigenvalue weighted by molar-refractivity contribution is -0.148. The van der Waals surface area contributed by atoms with Crippen LogP contribution in [0.2, 0.25) is 0 Å². The summed E-state index contributed by atoms with van der Waals surface area (Å²) < 4.78 is 39.9. The van der Waals surface area contributed by atoms with Crippen molar-refractivity contribution in [1.82, 2.24) is 0 Å². The highest BCUT2D eigenvalue weighted by atomic mass is 79.9. The van der Waals surface area contributed by atoms with Gasteiger partial charge in [-0.15, -0.1) is 0 Å². The summed E-state index contributed by atoms with van der Waals surface area (Å²) in [6.45, 7) is 2.08. The summed E-state index contributed by atoms with van der Waals surface area (Å²) in [5.41, 5.74) is -1.72. The Hall–Kier alpha value is -1.24. The molecule has 0 bridgehead atoms. The highest BCUT2D eigenvalue weighted by molar-refractivity contribution is 9.10. The molecule has 1 aliphatic rings. The maximum Gasteiger partial charge on any atom is 0.418 e. The van der Waals surface area contributed by atoms with Crippen LogP contribution in [0.15, 0.2) is 22.7 Å². The Kier molecular flexibility index (Phi) is 4.24. The van der Waals surface area contributed by atoms with Crippen LogP contribution in [-0.4, -0.2) is 24.2 Å². The van der Waals surface area contributed by atoms with Gasteiger partial charge in [-0.25, -0.2) is 0 Å². The molecule has 0 saturated carbocycles. The number of rotatable bonds is 2. The van der Waals surface area contributed by atoms with Crippen LogP contribution in [0.5, 0.6) is 0 Å². The van der Waals surface area contributed by atoms with Crippen molar-refractivity contribution in [3.8, 4) is 0 Å². The molecular weight excluding hydrogens is 351 g/mol. The average molecular weight is 366 g/mol. The van der Waals surface area contributed by atoms with Crippen molar-refractivity contribution in [2.75, 3.05) is 18.0 Å². The zero-order chi connectivity index (χ0) is 15.8. The van der Waals surface area contributed by atoms with Crippen LogP contribution in [0.4, 0.5) is 18.9 Å². The van der Waals surface area contributed by atoms with E-state index >= 15 is 0 Å². The molecule has 21 heavy (non-hydrogen) atoms. The number of alkyl halides is 3. The van der Waals surface area contributed by atoms with Gasteiger partial charge in [0.2, 0.25) is 0 Å². The number of benzene rings is 1. The minimum Gasteiger partial charge on any atom is -0.481 e. The number of halogens is 4. The zero-order valence-corrected chi connectivity index (χ0v) is 13.0. The monoisotopic (exact) mass is 365 g/mol. The molecule has 1 N–H and O–H groups in total. The Bertz CT molecular complexity index is 562. The molecule has 1 atom stereocenters. The number of carboxylic acid groups (broad SMARTS) is 1. The van der Waals surface area contributed by atoms with E-state index in [1.807, 2.05) is 0 Å². The van der Waals surface area contributed by atoms with E-state index in [-0.39, 0.29) is 12.2 Å². The minimum absolute atomic E-state index is 0.0397. The van der Waals surface area contributed by atoms with Gasteiger partial charge < -0.3 is 10.0 Å². The molecule has 0 aliphatic carbocycles. The summed E-state index contributed by atoms with van der Waals surface area (Å²) in [7, 11) is 0. The molecule has 2 rings (SSSR count). The first-order valence-electron chi connectivity index (χ1n) is 6.48. The lowest BCUT2D eigenvalue weighted by Crippen LogP contribution is -2.46. The van der Waals surface area contributed by atoms with Crippen molar-refractivity contribution in [3.05, 3.63) is 28.2 Å². The van der Waals surface area contributed by atoms with E-state index in [1.54, 1.807) is 6.92 Å². The largest absolute Gasteiger partial charge is 0.481 e. The third-order valence-electron chi connectivity index (χ3n) is 3.82. The number of carboxylic acids is 1. The van der Waals surface area contributed by atoms with E-state index in [2.05, 4.69) is 15.9 Å². The van der Waals surface area contributed by atoms with Crippen LogP contribution in [0.25, 0.3) is 0 Å². The van der Waals surface area contributed by atoms with Crippen LogP contribution in [0, 0.1) is 5.41 Å². The molecule has 116 valence electrons. The molecular formula is C14H15BrF3NO2. The summed E-state index contributed by atoms with van der Waals surface area (Å²) in [5.74, 6) is -0.974. The van der Waals surface area contributed by atoms with Crippen molar-refractivity contribution < 1.29 is 23.1 Å². The maximum absolute atomic E-state index is 13.2. The number of hydrogen-bond donors (Lipinski definition) is 1. The first-order valence-corrected chi connectivity index (χ1v) is 7.28. The van der Waals surface area contributed by atoms with Crippen molar-refractivity contribution >= 4 is 27.6 Å². The number of hydrogen-bond acceptors (Lipinski definition) is 2. The van der Waals surface area contributed by atoms with Crippen LogP contribution in [0.1, 0.15) is 25.3 Å². The van der Waals surface area contributed by atoms with Gasteiger partial charge in [0.15, 0.2) is 0 Å². The van der Waals surface area contributed by atoms with Crippen molar-refractivity contribution in [2.24, 2.45) is 5.41 Å². The average Bonchev–Trinajstić information content (AvgIpc) is 2.37. The number of carbonyl (C=O) groups is 1. The summed E-state index contributed by atoms with van der Waals surface area (Å²) in [6, 6.07) is 3.96. The lowest BCUT2D eigenvalue weighted by Gasteiger charge is -2.39. The van der Waals surface area contributed by atoms with E-state index in [0.717, 1.165) is 6.07 Å². The fraction of sp³-hybridized carbons (Fsp3) is 0.500. The molecule has 7 heteroatoms. The van der Waals surface area contributed by atoms with Crippen LogP contribution in [0.3, 0.4) is 0 Å². The van der Waals surface area contributed by atoms with Gasteiger partial charge in [0.05, 0.1) is 11.0 Å². The number of anilines is 1. The Morgan fingerprint density at radius 2 is 2.10 bits per heavy atom. The molecule has 0 aromatic heterocycles. The molecule has 1 unspecified atom stereocenters. The van der Waals surface area contributed by atoms with Crippen molar-refractivity contribution in [3.63, 3.8) is 0 Å². The van der Waals surface area contributed by atoms with Gasteiger partial charge in [0.1, 0.15) is 0 Å². The van der Waals surface area contributed by atoms with E-state index in [9.17, 15) is 23.1 Å². The Morgan fingerprint density at radius 3 is 2.67 bits per heavy atom. The van der Waals surface area contributed by atoms with Crippen LogP contribution in [-0.2, 0) is 11.0 Å². The van der Waals surface area contributed by atoms with Gasteiger partial charge in [-0.2, -0.15) is 13.2 Å². The second-order valence-electron chi connectivity index (χ2n) is 5.55. The number of piperidine rings is 1. The predicted octanol–water partition coefficient (Wildman–Crippen LogP) is 4.16. The SMILES string of the molecule is CC1(C(=O)O)CCCN(c2ccc(Br)cc2C(F)(F)F)C1. The summed E-state index contributed by atoms with van der Waals surface area (Å²) in [5, 5.41) is 9.28. The standard InChI is InChI=1S/C14H15BrF3NO2/c1-13(12(20)21)5-2-6-19(8-13)11-4-3-9(15)7-10(11)14(16,17)18/h3-4,7H,2,5-6,8H2,1H3,(H,20,21). The van der Waals surface area contributed by atoms with Gasteiger partial charge in [-0.05, 0) is 38.0 Å². The molecule has 0 amide bonds. The Balaban J connectivity index is 2.40. The highest BCUT2D eigenvalue weighted by Gasteiger charge is 2.41. The molecule has 0 spiro atoms. The quantitative estimate of drug-likeness (QED) is 0.855. The first-order chi connectivity index (χ1) is 9.63. The van der Waals surface area contributed by atoms with Gasteiger partial charge in [0, 0.05) is 23.2 Å². The van der Waals surface area contributed by atoms with E-state index < -0.39 is 23.1 Å². The number of nitrogens with zero attached hydrogens (tertiary/aromatic N) is 1. The Labute approximate surface area is 128 Å². The molecule has 1 fully saturated rings. The minimum atomic E-state index is -4.48. The molecule has 1 aliphatic heterocycles. The van der Waals surface area contributed by atoms with E-state index in [0.29, 0.717) is 23.9 Å². The molecule has 3 nitrogen and oxygen atoms in total. The Morgan fingerprint density at radius 1 is 1.43 bits per heavy atom. The van der Waals surface area contributed by atoms with Gasteiger partial charge in [-0.3, -0.25) is 4.79 Å². The molecule has 1 heterocycles. The second kappa shape index (κ2) is 5.51. The summed E-state index contributed by atoms with van der Waals surface area (Å²) in [6.07, 6.45) is -3.46. The molecule has 1 aromatic carbocycles. The van der Waals surface area contributed by atoms with E-state index in [4.69, 9.17) is 0 Å². The van der Waals surface area contributed by atoms with Gasteiger partial charge in [-0.1, -0.05) is 15.9 Å². The molecule has 0 radical (unpaired) electrons. The highest BCUT2D eigenvalue weighted by Crippen LogP contribution is 2.41. The smallest absolute Gasteiger partial charge is 0.418 e. The summed E-state index contributed by atoms with van der Waals surface area (Å²) in [4.78, 5) is 12.9. The lowest BCUT2D eigenvalue weighted by atomic mass is 9.81. The van der Waals surface area contributed by atoms with Crippen LogP contribution >= 0.6 is 15.9 Å². The third kappa shape index (κ3) is 3.33. The zero-order valence-electron chi connectivity index (χ0n) is 11.4. The van der Waals surface area contributed by atoms with Crippen LogP contribution < -0.4 is 4.90 Å². The number of aliphatic carboxylic acids is 1. The fourth-order valence-corrected chi connectivity index (χ4v) is 2.99. The topological polar surface area (TPSA) is 40.5 Å². The maximum atomic E-state index is 13.2. The molecule has 1 saturated heterocycles. The fourth-order valence-electron chi connectivity index (χ4n) is 2.63. The third-order valence-corrected chi connectivity index (χ3v) is 4.31.